The summed E-state index contributed by atoms with van der Waals surface area (Å²) in [5.41, 5.74) is 0.444. The molecule has 1 atom stereocenters. The number of anilines is 1. The van der Waals surface area contributed by atoms with Gasteiger partial charge in [-0.05, 0) is 24.1 Å². The lowest BCUT2D eigenvalue weighted by Gasteiger charge is -2.30. The fourth-order valence-corrected chi connectivity index (χ4v) is 4.78. The third-order valence-corrected chi connectivity index (χ3v) is 6.34. The summed E-state index contributed by atoms with van der Waals surface area (Å²) in [6.45, 7) is 2.15. The molecule has 144 valence electrons. The molecule has 0 aromatic heterocycles. The fourth-order valence-electron chi connectivity index (χ4n) is 3.78. The molecule has 6 nitrogen and oxygen atoms in total. The molecule has 4 amide bonds. The number of carbonyl (C=O) groups excluding carboxylic acids is 3. The summed E-state index contributed by atoms with van der Waals surface area (Å²) in [5.74, 6) is 0.154. The van der Waals surface area contributed by atoms with E-state index >= 15 is 0 Å². The van der Waals surface area contributed by atoms with E-state index < -0.39 is 11.6 Å². The summed E-state index contributed by atoms with van der Waals surface area (Å²) in [5, 5.41) is 2.82. The zero-order valence-corrected chi connectivity index (χ0v) is 16.4. The van der Waals surface area contributed by atoms with Gasteiger partial charge in [0.25, 0.3) is 5.91 Å². The smallest absolute Gasteiger partial charge is 0.319 e. The molecule has 2 aliphatic heterocycles. The molecule has 7 heteroatoms. The van der Waals surface area contributed by atoms with Crippen LogP contribution in [0.4, 0.5) is 10.5 Å². The first-order valence-electron chi connectivity index (χ1n) is 9.28. The van der Waals surface area contributed by atoms with Crippen LogP contribution in [0, 0.1) is 0 Å². The minimum absolute atomic E-state index is 0.254. The first-order valence-corrected chi connectivity index (χ1v) is 10.3. The van der Waals surface area contributed by atoms with Crippen molar-refractivity contribution in [2.45, 2.75) is 23.8 Å². The first kappa shape index (κ1) is 18.6. The SMILES string of the molecule is CCC1(c2ccccc2)NC(=O)N(CC(=O)N2CCSc3ccccc32)C1=O. The number of rotatable bonds is 4. The first-order chi connectivity index (χ1) is 13.6. The Hall–Kier alpha value is -2.80. The van der Waals surface area contributed by atoms with E-state index in [0.29, 0.717) is 13.0 Å². The summed E-state index contributed by atoms with van der Waals surface area (Å²) in [6.07, 6.45) is 0.412. The number of amides is 4. The number of nitrogens with zero attached hydrogens (tertiary/aromatic N) is 2. The van der Waals surface area contributed by atoms with Crippen LogP contribution in [-0.2, 0) is 15.1 Å². The number of nitrogens with one attached hydrogen (secondary N) is 1. The molecule has 1 N–H and O–H groups in total. The van der Waals surface area contributed by atoms with Crippen molar-refractivity contribution in [1.29, 1.82) is 0 Å². The molecule has 1 fully saturated rings. The lowest BCUT2D eigenvalue weighted by atomic mass is 9.87. The van der Waals surface area contributed by atoms with Crippen molar-refractivity contribution in [3.63, 3.8) is 0 Å². The monoisotopic (exact) mass is 395 g/mol. The molecule has 28 heavy (non-hydrogen) atoms. The zero-order valence-electron chi connectivity index (χ0n) is 15.6. The van der Waals surface area contributed by atoms with Gasteiger partial charge in [-0.3, -0.25) is 14.5 Å². The summed E-state index contributed by atoms with van der Waals surface area (Å²) >= 11 is 1.70. The van der Waals surface area contributed by atoms with Gasteiger partial charge in [-0.2, -0.15) is 0 Å². The summed E-state index contributed by atoms with van der Waals surface area (Å²) in [6, 6.07) is 16.4. The van der Waals surface area contributed by atoms with Crippen molar-refractivity contribution < 1.29 is 14.4 Å². The van der Waals surface area contributed by atoms with Crippen molar-refractivity contribution in [2.24, 2.45) is 0 Å². The Morgan fingerprint density at radius 2 is 1.82 bits per heavy atom. The quantitative estimate of drug-likeness (QED) is 0.808. The standard InChI is InChI=1S/C21H21N3O3S/c1-2-21(15-8-4-3-5-9-15)19(26)24(20(27)22-21)14-18(25)23-12-13-28-17-11-7-6-10-16(17)23/h3-11H,2,12-14H2,1H3,(H,22,27). The van der Waals surface area contributed by atoms with Crippen molar-refractivity contribution in [3.8, 4) is 0 Å². The van der Waals surface area contributed by atoms with Gasteiger partial charge < -0.3 is 10.2 Å². The van der Waals surface area contributed by atoms with Gasteiger partial charge in [0.1, 0.15) is 12.1 Å². The maximum absolute atomic E-state index is 13.2. The highest BCUT2D eigenvalue weighted by Gasteiger charge is 2.51. The van der Waals surface area contributed by atoms with Crippen LogP contribution in [0.25, 0.3) is 0 Å². The average molecular weight is 395 g/mol. The van der Waals surface area contributed by atoms with E-state index in [-0.39, 0.29) is 18.4 Å². The number of benzene rings is 2. The fraction of sp³-hybridized carbons (Fsp3) is 0.286. The predicted octanol–water partition coefficient (Wildman–Crippen LogP) is 2.98. The van der Waals surface area contributed by atoms with E-state index in [9.17, 15) is 14.4 Å². The van der Waals surface area contributed by atoms with E-state index in [0.717, 1.165) is 26.8 Å². The number of para-hydroxylation sites is 1. The highest BCUT2D eigenvalue weighted by atomic mass is 32.2. The lowest BCUT2D eigenvalue weighted by Crippen LogP contribution is -2.46. The van der Waals surface area contributed by atoms with E-state index in [2.05, 4.69) is 5.32 Å². The van der Waals surface area contributed by atoms with Gasteiger partial charge in [-0.15, -0.1) is 11.8 Å². The minimum Gasteiger partial charge on any atom is -0.319 e. The van der Waals surface area contributed by atoms with Gasteiger partial charge in [-0.25, -0.2) is 4.79 Å². The Bertz CT molecular complexity index is 934. The Kier molecular flexibility index (Phi) is 4.85. The number of carbonyl (C=O) groups is 3. The summed E-state index contributed by atoms with van der Waals surface area (Å²) < 4.78 is 0. The van der Waals surface area contributed by atoms with E-state index in [1.165, 1.54) is 0 Å². The topological polar surface area (TPSA) is 69.7 Å². The molecule has 0 aliphatic carbocycles. The van der Waals surface area contributed by atoms with Gasteiger partial charge in [0.15, 0.2) is 0 Å². The molecule has 1 unspecified atom stereocenters. The molecule has 2 aromatic carbocycles. The number of imide groups is 1. The van der Waals surface area contributed by atoms with Crippen LogP contribution >= 0.6 is 11.8 Å². The van der Waals surface area contributed by atoms with Gasteiger partial charge >= 0.3 is 6.03 Å². The van der Waals surface area contributed by atoms with Crippen LogP contribution in [0.2, 0.25) is 0 Å². The Balaban J connectivity index is 1.58. The molecule has 0 saturated carbocycles. The molecule has 2 heterocycles. The minimum atomic E-state index is -1.12. The zero-order chi connectivity index (χ0) is 19.7. The second kappa shape index (κ2) is 7.31. The Morgan fingerprint density at radius 3 is 2.57 bits per heavy atom. The number of thioether (sulfide) groups is 1. The largest absolute Gasteiger partial charge is 0.325 e. The molecular weight excluding hydrogens is 374 g/mol. The van der Waals surface area contributed by atoms with Crippen LogP contribution in [0.1, 0.15) is 18.9 Å². The van der Waals surface area contributed by atoms with Crippen LogP contribution in [-0.4, -0.2) is 41.6 Å². The Morgan fingerprint density at radius 1 is 1.11 bits per heavy atom. The number of hydrogen-bond donors (Lipinski definition) is 1. The van der Waals surface area contributed by atoms with Crippen molar-refractivity contribution in [2.75, 3.05) is 23.7 Å². The molecule has 2 aromatic rings. The van der Waals surface area contributed by atoms with Crippen molar-refractivity contribution >= 4 is 35.3 Å². The number of fused-ring (bicyclic) bond motifs is 1. The van der Waals surface area contributed by atoms with Gasteiger partial charge in [-0.1, -0.05) is 49.4 Å². The van der Waals surface area contributed by atoms with E-state index in [1.807, 2.05) is 61.5 Å². The van der Waals surface area contributed by atoms with Gasteiger partial charge in [0, 0.05) is 17.2 Å². The third-order valence-electron chi connectivity index (χ3n) is 5.30. The molecule has 2 aliphatic rings. The molecule has 0 spiro atoms. The molecule has 1 saturated heterocycles. The lowest BCUT2D eigenvalue weighted by molar-refractivity contribution is -0.134. The molecule has 0 radical (unpaired) electrons. The summed E-state index contributed by atoms with van der Waals surface area (Å²) in [4.78, 5) is 42.5. The second-order valence-corrected chi connectivity index (χ2v) is 7.94. The van der Waals surface area contributed by atoms with Crippen molar-refractivity contribution in [1.82, 2.24) is 10.2 Å². The highest BCUT2D eigenvalue weighted by molar-refractivity contribution is 7.99. The average Bonchev–Trinajstić information content (AvgIpc) is 2.99. The van der Waals surface area contributed by atoms with Crippen LogP contribution < -0.4 is 10.2 Å². The predicted molar refractivity (Wildman–Crippen MR) is 108 cm³/mol. The molecule has 4 rings (SSSR count). The van der Waals surface area contributed by atoms with Crippen LogP contribution in [0.5, 0.6) is 0 Å². The van der Waals surface area contributed by atoms with Crippen molar-refractivity contribution in [3.05, 3.63) is 60.2 Å². The summed E-state index contributed by atoms with van der Waals surface area (Å²) in [7, 11) is 0. The molecular formula is C21H21N3O3S. The second-order valence-electron chi connectivity index (χ2n) is 6.81. The van der Waals surface area contributed by atoms with E-state index in [4.69, 9.17) is 0 Å². The normalized spacial score (nSPS) is 21.5. The maximum Gasteiger partial charge on any atom is 0.325 e. The van der Waals surface area contributed by atoms with Crippen LogP contribution in [0.15, 0.2) is 59.5 Å². The Labute approximate surface area is 167 Å². The maximum atomic E-state index is 13.2. The highest BCUT2D eigenvalue weighted by Crippen LogP contribution is 2.35. The van der Waals surface area contributed by atoms with E-state index in [1.54, 1.807) is 16.7 Å². The van der Waals surface area contributed by atoms with Crippen LogP contribution in [0.3, 0.4) is 0 Å². The van der Waals surface area contributed by atoms with Gasteiger partial charge in [0.05, 0.1) is 5.69 Å². The van der Waals surface area contributed by atoms with Gasteiger partial charge in [0.2, 0.25) is 5.91 Å². The molecule has 0 bridgehead atoms. The number of hydrogen-bond acceptors (Lipinski definition) is 4. The number of urea groups is 1. The third kappa shape index (κ3) is 2.96.